The second kappa shape index (κ2) is 11.3. The molecular weight excluding hydrogens is 485 g/mol. The SMILES string of the molecule is CCC(=O)N1c2ccccc2[C@H](Nc2ccc(C(=O)N3C=CN4CCNCC43)cc2)C[C@@H]1C.Cl.Cl. The lowest BCUT2D eigenvalue weighted by molar-refractivity contribution is -0.118. The third kappa shape index (κ3) is 5.13. The number of carbonyl (C=O) groups excluding carboxylic acids is 2. The van der Waals surface area contributed by atoms with E-state index >= 15 is 0 Å². The topological polar surface area (TPSA) is 67.9 Å². The normalized spacial score (nSPS) is 22.5. The Balaban J connectivity index is 0.00000171. The van der Waals surface area contributed by atoms with Gasteiger partial charge in [0.05, 0.1) is 6.04 Å². The Labute approximate surface area is 219 Å². The molecule has 9 heteroatoms. The Hall–Kier alpha value is -2.74. The van der Waals surface area contributed by atoms with Gasteiger partial charge in [-0.1, -0.05) is 25.1 Å². The number of carbonyl (C=O) groups is 2. The molecule has 0 bridgehead atoms. The highest BCUT2D eigenvalue weighted by Gasteiger charge is 2.34. The summed E-state index contributed by atoms with van der Waals surface area (Å²) < 4.78 is 0. The van der Waals surface area contributed by atoms with Crippen LogP contribution in [-0.4, -0.2) is 53.5 Å². The monoisotopic (exact) mass is 517 g/mol. The third-order valence-electron chi connectivity index (χ3n) is 6.86. The van der Waals surface area contributed by atoms with Gasteiger partial charge < -0.3 is 20.4 Å². The smallest absolute Gasteiger partial charge is 0.259 e. The molecule has 2 amide bonds. The van der Waals surface area contributed by atoms with E-state index in [4.69, 9.17) is 0 Å². The fourth-order valence-electron chi connectivity index (χ4n) is 5.16. The maximum atomic E-state index is 13.1. The average molecular weight is 518 g/mol. The van der Waals surface area contributed by atoms with Gasteiger partial charge in [0, 0.05) is 61.4 Å². The molecule has 3 aliphatic rings. The van der Waals surface area contributed by atoms with Gasteiger partial charge >= 0.3 is 0 Å². The van der Waals surface area contributed by atoms with Gasteiger partial charge in [-0.05, 0) is 49.2 Å². The van der Waals surface area contributed by atoms with Crippen LogP contribution in [0, 0.1) is 0 Å². The zero-order valence-electron chi connectivity index (χ0n) is 20.0. The Kier molecular flexibility index (Phi) is 8.70. The molecule has 1 saturated heterocycles. The first-order chi connectivity index (χ1) is 16.1. The van der Waals surface area contributed by atoms with Gasteiger partial charge in [-0.25, -0.2) is 0 Å². The highest BCUT2D eigenvalue weighted by atomic mass is 35.5. The summed E-state index contributed by atoms with van der Waals surface area (Å²) in [5.74, 6) is 0.165. The lowest BCUT2D eigenvalue weighted by Crippen LogP contribution is -2.54. The van der Waals surface area contributed by atoms with Crippen LogP contribution in [-0.2, 0) is 4.79 Å². The van der Waals surface area contributed by atoms with E-state index in [1.165, 1.54) is 0 Å². The van der Waals surface area contributed by atoms with Crippen molar-refractivity contribution in [3.05, 3.63) is 72.1 Å². The number of hydrogen-bond donors (Lipinski definition) is 2. The molecule has 0 spiro atoms. The number of halogens is 2. The van der Waals surface area contributed by atoms with Crippen molar-refractivity contribution >= 4 is 48.0 Å². The number of para-hydroxylation sites is 1. The molecule has 3 atom stereocenters. The molecule has 0 saturated carbocycles. The number of fused-ring (bicyclic) bond motifs is 2. The largest absolute Gasteiger partial charge is 0.378 e. The molecule has 0 radical (unpaired) electrons. The van der Waals surface area contributed by atoms with Crippen LogP contribution in [0.4, 0.5) is 11.4 Å². The predicted molar refractivity (Wildman–Crippen MR) is 144 cm³/mol. The minimum atomic E-state index is 0. The van der Waals surface area contributed by atoms with Crippen LogP contribution in [0.25, 0.3) is 0 Å². The van der Waals surface area contributed by atoms with Crippen LogP contribution < -0.4 is 15.5 Å². The van der Waals surface area contributed by atoms with E-state index in [1.807, 2.05) is 71.6 Å². The molecule has 7 nitrogen and oxygen atoms in total. The van der Waals surface area contributed by atoms with Crippen LogP contribution in [0.15, 0.2) is 60.9 Å². The highest BCUT2D eigenvalue weighted by Crippen LogP contribution is 2.39. The van der Waals surface area contributed by atoms with Crippen molar-refractivity contribution in [2.24, 2.45) is 0 Å². The van der Waals surface area contributed by atoms with Crippen molar-refractivity contribution in [2.75, 3.05) is 29.9 Å². The van der Waals surface area contributed by atoms with Gasteiger partial charge in [-0.3, -0.25) is 14.5 Å². The van der Waals surface area contributed by atoms with E-state index in [0.717, 1.165) is 43.0 Å². The summed E-state index contributed by atoms with van der Waals surface area (Å²) in [7, 11) is 0. The van der Waals surface area contributed by atoms with Crippen LogP contribution >= 0.6 is 24.8 Å². The third-order valence-corrected chi connectivity index (χ3v) is 6.86. The first-order valence-corrected chi connectivity index (χ1v) is 11.8. The number of nitrogens with one attached hydrogen (secondary N) is 2. The maximum absolute atomic E-state index is 13.1. The van der Waals surface area contributed by atoms with Crippen molar-refractivity contribution in [3.8, 4) is 0 Å². The van der Waals surface area contributed by atoms with Crippen molar-refractivity contribution in [1.82, 2.24) is 15.1 Å². The number of anilines is 2. The fourth-order valence-corrected chi connectivity index (χ4v) is 5.16. The van der Waals surface area contributed by atoms with Gasteiger partial charge in [-0.2, -0.15) is 0 Å². The fraction of sp³-hybridized carbons (Fsp3) is 0.385. The second-order valence-corrected chi connectivity index (χ2v) is 8.97. The van der Waals surface area contributed by atoms with Crippen LogP contribution in [0.2, 0.25) is 0 Å². The summed E-state index contributed by atoms with van der Waals surface area (Å²) in [4.78, 5) is 31.6. The van der Waals surface area contributed by atoms with E-state index in [9.17, 15) is 9.59 Å². The van der Waals surface area contributed by atoms with Gasteiger partial charge in [0.25, 0.3) is 5.91 Å². The lowest BCUT2D eigenvalue weighted by Gasteiger charge is -2.40. The van der Waals surface area contributed by atoms with Gasteiger partial charge in [-0.15, -0.1) is 24.8 Å². The first-order valence-electron chi connectivity index (χ1n) is 11.8. The summed E-state index contributed by atoms with van der Waals surface area (Å²) in [5, 5.41) is 6.99. The average Bonchev–Trinajstić information content (AvgIpc) is 3.28. The molecule has 0 aromatic heterocycles. The molecule has 5 rings (SSSR count). The Morgan fingerprint density at radius 3 is 2.54 bits per heavy atom. The van der Waals surface area contributed by atoms with Crippen LogP contribution in [0.5, 0.6) is 0 Å². The minimum Gasteiger partial charge on any atom is -0.378 e. The number of hydrogen-bond acceptors (Lipinski definition) is 5. The molecule has 2 N–H and O–H groups in total. The van der Waals surface area contributed by atoms with Crippen molar-refractivity contribution in [3.63, 3.8) is 0 Å². The summed E-state index contributed by atoms with van der Waals surface area (Å²) in [6.07, 6.45) is 5.27. The Morgan fingerprint density at radius 2 is 1.80 bits per heavy atom. The zero-order chi connectivity index (χ0) is 22.9. The summed E-state index contributed by atoms with van der Waals surface area (Å²) in [6, 6.07) is 16.1. The Morgan fingerprint density at radius 1 is 1.06 bits per heavy atom. The number of rotatable bonds is 4. The zero-order valence-corrected chi connectivity index (χ0v) is 21.6. The number of amides is 2. The van der Waals surface area contributed by atoms with E-state index in [-0.39, 0.29) is 54.9 Å². The van der Waals surface area contributed by atoms with Crippen molar-refractivity contribution < 1.29 is 9.59 Å². The van der Waals surface area contributed by atoms with Crippen molar-refractivity contribution in [1.29, 1.82) is 0 Å². The molecule has 1 fully saturated rings. The number of piperazine rings is 1. The highest BCUT2D eigenvalue weighted by molar-refractivity contribution is 5.96. The number of benzene rings is 2. The molecule has 0 aliphatic carbocycles. The van der Waals surface area contributed by atoms with Crippen LogP contribution in [0.1, 0.15) is 48.7 Å². The summed E-state index contributed by atoms with van der Waals surface area (Å²) >= 11 is 0. The summed E-state index contributed by atoms with van der Waals surface area (Å²) in [6.45, 7) is 6.64. The molecular formula is C26H33Cl2N5O2. The molecule has 188 valence electrons. The maximum Gasteiger partial charge on any atom is 0.259 e. The van der Waals surface area contributed by atoms with Crippen molar-refractivity contribution in [2.45, 2.75) is 44.9 Å². The van der Waals surface area contributed by atoms with E-state index in [2.05, 4.69) is 28.5 Å². The molecule has 3 heterocycles. The molecule has 2 aromatic carbocycles. The van der Waals surface area contributed by atoms with E-state index in [0.29, 0.717) is 12.0 Å². The van der Waals surface area contributed by atoms with Gasteiger partial charge in [0.1, 0.15) is 6.17 Å². The predicted octanol–water partition coefficient (Wildman–Crippen LogP) is 4.38. The Bertz CT molecular complexity index is 1080. The lowest BCUT2D eigenvalue weighted by atomic mass is 9.91. The molecule has 35 heavy (non-hydrogen) atoms. The standard InChI is InChI=1S/C26H31N5O2.2ClH/c1-3-25(32)31-18(2)16-22(21-6-4-5-7-23(21)31)28-20-10-8-19(9-11-20)26(33)30-15-14-29-13-12-27-17-24(29)30;;/h4-11,14-15,18,22,24,27-28H,3,12-13,16-17H2,1-2H3;2*1H/t18-,22+,24?;;/m0../s1. The van der Waals surface area contributed by atoms with Gasteiger partial charge in [0.15, 0.2) is 0 Å². The molecule has 1 unspecified atom stereocenters. The van der Waals surface area contributed by atoms with E-state index in [1.54, 1.807) is 0 Å². The van der Waals surface area contributed by atoms with Gasteiger partial charge in [0.2, 0.25) is 5.91 Å². The number of nitrogens with zero attached hydrogens (tertiary/aromatic N) is 3. The molecule has 2 aromatic rings. The molecule has 3 aliphatic heterocycles. The second-order valence-electron chi connectivity index (χ2n) is 8.97. The minimum absolute atomic E-state index is 0. The quantitative estimate of drug-likeness (QED) is 0.629. The summed E-state index contributed by atoms with van der Waals surface area (Å²) in [5.41, 5.74) is 3.75. The van der Waals surface area contributed by atoms with Crippen LogP contribution in [0.3, 0.4) is 0 Å². The first kappa shape index (κ1) is 26.9. The van der Waals surface area contributed by atoms with E-state index < -0.39 is 0 Å².